The van der Waals surface area contributed by atoms with Crippen LogP contribution in [0, 0.1) is 0 Å². The minimum absolute atomic E-state index is 0.00535. The molecule has 6 nitrogen and oxygen atoms in total. The topological polar surface area (TPSA) is 83.0 Å². The number of halogens is 1. The van der Waals surface area contributed by atoms with Gasteiger partial charge in [-0.2, -0.15) is 5.10 Å². The monoisotopic (exact) mass is 377 g/mol. The molecule has 0 radical (unpaired) electrons. The van der Waals surface area contributed by atoms with Gasteiger partial charge in [-0.1, -0.05) is 18.2 Å². The maximum absolute atomic E-state index is 11.7. The van der Waals surface area contributed by atoms with Gasteiger partial charge in [0.25, 0.3) is 5.91 Å². The second-order valence-electron chi connectivity index (χ2n) is 4.56. The van der Waals surface area contributed by atoms with E-state index < -0.39 is 0 Å². The quantitative estimate of drug-likeness (QED) is 0.533. The smallest absolute Gasteiger partial charge is 0.259 e. The Balaban J connectivity index is 1.89. The predicted molar refractivity (Wildman–Crippen MR) is 93.0 cm³/mol. The van der Waals surface area contributed by atoms with Crippen LogP contribution < -0.4 is 15.5 Å². The highest BCUT2D eigenvalue weighted by Gasteiger charge is 2.06. The van der Waals surface area contributed by atoms with Gasteiger partial charge in [-0.15, -0.1) is 0 Å². The number of nitrogens with zero attached hydrogens (tertiary/aromatic N) is 1. The zero-order chi connectivity index (χ0) is 16.7. The Labute approximate surface area is 142 Å². The summed E-state index contributed by atoms with van der Waals surface area (Å²) in [4.78, 5) is 11.7. The highest BCUT2D eigenvalue weighted by atomic mass is 79.9. The molecule has 0 bridgehead atoms. The van der Waals surface area contributed by atoms with Crippen molar-refractivity contribution < 1.29 is 14.6 Å². The molecule has 23 heavy (non-hydrogen) atoms. The summed E-state index contributed by atoms with van der Waals surface area (Å²) in [6.07, 6.45) is 1.43. The highest BCUT2D eigenvalue weighted by molar-refractivity contribution is 9.10. The Morgan fingerprint density at radius 2 is 2.09 bits per heavy atom. The standard InChI is InChI=1S/C16H16BrN3O3/c1-23-15-8-13(17)11(7-14(15)21)9-19-20-16(22)10-18-12-5-3-2-4-6-12/h2-9,18,21H,10H2,1H3,(H,20,22)/b19-9-. The molecule has 0 heterocycles. The SMILES string of the molecule is COc1cc(Br)c(/C=N\NC(=O)CNc2ccccc2)cc1O. The van der Waals surface area contributed by atoms with E-state index in [4.69, 9.17) is 4.74 Å². The number of hydrogen-bond donors (Lipinski definition) is 3. The van der Waals surface area contributed by atoms with Crippen molar-refractivity contribution in [1.82, 2.24) is 5.43 Å². The third kappa shape index (κ3) is 5.00. The lowest BCUT2D eigenvalue weighted by atomic mass is 10.2. The number of methoxy groups -OCH3 is 1. The fourth-order valence-corrected chi connectivity index (χ4v) is 2.20. The van der Waals surface area contributed by atoms with E-state index in [0.29, 0.717) is 15.8 Å². The number of amides is 1. The molecular weight excluding hydrogens is 362 g/mol. The molecule has 7 heteroatoms. The number of carbonyl (C=O) groups is 1. The maximum Gasteiger partial charge on any atom is 0.259 e. The van der Waals surface area contributed by atoms with E-state index in [1.165, 1.54) is 19.4 Å². The number of para-hydroxylation sites is 1. The number of benzene rings is 2. The summed E-state index contributed by atoms with van der Waals surface area (Å²) in [6.45, 7) is 0.108. The molecule has 0 saturated heterocycles. The zero-order valence-corrected chi connectivity index (χ0v) is 14.0. The Morgan fingerprint density at radius 3 is 2.78 bits per heavy atom. The molecular formula is C16H16BrN3O3. The Kier molecular flexibility index (Phi) is 5.99. The number of phenolic OH excluding ortho intramolecular Hbond substituents is 1. The number of hydrazone groups is 1. The van der Waals surface area contributed by atoms with Crippen molar-refractivity contribution in [3.05, 3.63) is 52.5 Å². The van der Waals surface area contributed by atoms with Gasteiger partial charge < -0.3 is 15.2 Å². The summed E-state index contributed by atoms with van der Waals surface area (Å²) >= 11 is 3.34. The lowest BCUT2D eigenvalue weighted by Gasteiger charge is -2.06. The average Bonchev–Trinajstić information content (AvgIpc) is 2.56. The van der Waals surface area contributed by atoms with Gasteiger partial charge in [0, 0.05) is 15.7 Å². The molecule has 0 aliphatic heterocycles. The van der Waals surface area contributed by atoms with E-state index in [1.54, 1.807) is 6.07 Å². The third-order valence-corrected chi connectivity index (χ3v) is 3.60. The Hall–Kier alpha value is -2.54. The molecule has 0 aromatic heterocycles. The van der Waals surface area contributed by atoms with E-state index in [2.05, 4.69) is 31.8 Å². The number of aromatic hydroxyl groups is 1. The minimum atomic E-state index is -0.279. The van der Waals surface area contributed by atoms with E-state index >= 15 is 0 Å². The van der Waals surface area contributed by atoms with Crippen molar-refractivity contribution in [2.45, 2.75) is 0 Å². The molecule has 120 valence electrons. The van der Waals surface area contributed by atoms with E-state index in [1.807, 2.05) is 30.3 Å². The van der Waals surface area contributed by atoms with Gasteiger partial charge in [0.2, 0.25) is 0 Å². The molecule has 3 N–H and O–H groups in total. The number of hydrogen-bond acceptors (Lipinski definition) is 5. The van der Waals surface area contributed by atoms with Crippen LogP contribution in [0.25, 0.3) is 0 Å². The minimum Gasteiger partial charge on any atom is -0.504 e. The van der Waals surface area contributed by atoms with E-state index in [9.17, 15) is 9.90 Å². The number of anilines is 1. The number of phenols is 1. The van der Waals surface area contributed by atoms with Crippen LogP contribution in [-0.4, -0.2) is 30.9 Å². The fourth-order valence-electron chi connectivity index (χ4n) is 1.77. The van der Waals surface area contributed by atoms with Crippen molar-refractivity contribution in [3.63, 3.8) is 0 Å². The van der Waals surface area contributed by atoms with Crippen LogP contribution in [0.15, 0.2) is 52.0 Å². The molecule has 0 saturated carbocycles. The molecule has 0 spiro atoms. The van der Waals surface area contributed by atoms with Gasteiger partial charge in [0.1, 0.15) is 0 Å². The highest BCUT2D eigenvalue weighted by Crippen LogP contribution is 2.31. The summed E-state index contributed by atoms with van der Waals surface area (Å²) in [5.74, 6) is 0.0679. The van der Waals surface area contributed by atoms with Gasteiger partial charge in [0.05, 0.1) is 19.9 Å². The van der Waals surface area contributed by atoms with E-state index in [0.717, 1.165) is 5.69 Å². The second kappa shape index (κ2) is 8.19. The third-order valence-electron chi connectivity index (χ3n) is 2.92. The van der Waals surface area contributed by atoms with Crippen molar-refractivity contribution in [3.8, 4) is 11.5 Å². The lowest BCUT2D eigenvalue weighted by molar-refractivity contribution is -0.119. The number of ether oxygens (including phenoxy) is 1. The van der Waals surface area contributed by atoms with Crippen LogP contribution >= 0.6 is 15.9 Å². The van der Waals surface area contributed by atoms with Gasteiger partial charge in [-0.05, 0) is 40.2 Å². The summed E-state index contributed by atoms with van der Waals surface area (Å²) in [5, 5.41) is 16.6. The van der Waals surface area contributed by atoms with Gasteiger partial charge in [-0.3, -0.25) is 4.79 Å². The van der Waals surface area contributed by atoms with Gasteiger partial charge in [-0.25, -0.2) is 5.43 Å². The number of carbonyl (C=O) groups excluding carboxylic acids is 1. The van der Waals surface area contributed by atoms with E-state index in [-0.39, 0.29) is 18.2 Å². The van der Waals surface area contributed by atoms with Gasteiger partial charge >= 0.3 is 0 Å². The average molecular weight is 378 g/mol. The van der Waals surface area contributed by atoms with Crippen molar-refractivity contribution >= 4 is 33.7 Å². The summed E-state index contributed by atoms with van der Waals surface area (Å²) in [5.41, 5.74) is 3.88. The van der Waals surface area contributed by atoms with Gasteiger partial charge in [0.15, 0.2) is 11.5 Å². The predicted octanol–water partition coefficient (Wildman–Crippen LogP) is 2.73. The summed E-state index contributed by atoms with van der Waals surface area (Å²) in [6, 6.07) is 12.5. The molecule has 0 unspecified atom stereocenters. The second-order valence-corrected chi connectivity index (χ2v) is 5.41. The first-order chi connectivity index (χ1) is 11.1. The molecule has 0 aliphatic rings. The lowest BCUT2D eigenvalue weighted by Crippen LogP contribution is -2.25. The van der Waals surface area contributed by atoms with Crippen LogP contribution in [-0.2, 0) is 4.79 Å². The van der Waals surface area contributed by atoms with Crippen LogP contribution in [0.1, 0.15) is 5.56 Å². The normalized spacial score (nSPS) is 10.5. The van der Waals surface area contributed by atoms with Crippen LogP contribution in [0.2, 0.25) is 0 Å². The van der Waals surface area contributed by atoms with Crippen LogP contribution in [0.3, 0.4) is 0 Å². The maximum atomic E-state index is 11.7. The largest absolute Gasteiger partial charge is 0.504 e. The first-order valence-electron chi connectivity index (χ1n) is 6.77. The summed E-state index contributed by atoms with van der Waals surface area (Å²) < 4.78 is 5.68. The molecule has 0 aliphatic carbocycles. The fraction of sp³-hybridized carbons (Fsp3) is 0.125. The van der Waals surface area contributed by atoms with Crippen molar-refractivity contribution in [2.24, 2.45) is 5.10 Å². The van der Waals surface area contributed by atoms with Crippen LogP contribution in [0.5, 0.6) is 11.5 Å². The molecule has 2 aromatic rings. The molecule has 2 rings (SSSR count). The first-order valence-corrected chi connectivity index (χ1v) is 7.57. The molecule has 0 atom stereocenters. The van der Waals surface area contributed by atoms with Crippen molar-refractivity contribution in [2.75, 3.05) is 19.0 Å². The Bertz CT molecular complexity index is 705. The number of rotatable bonds is 6. The summed E-state index contributed by atoms with van der Waals surface area (Å²) in [7, 11) is 1.47. The van der Waals surface area contributed by atoms with Crippen molar-refractivity contribution in [1.29, 1.82) is 0 Å². The molecule has 1 amide bonds. The molecule has 0 fully saturated rings. The first kappa shape index (κ1) is 16.8. The van der Waals surface area contributed by atoms with Crippen LogP contribution in [0.4, 0.5) is 5.69 Å². The molecule has 2 aromatic carbocycles. The zero-order valence-electron chi connectivity index (χ0n) is 12.4. The number of nitrogens with one attached hydrogen (secondary N) is 2. The Morgan fingerprint density at radius 1 is 1.35 bits per heavy atom.